The molecule has 7 heteroatoms. The largest absolute Gasteiger partial charge is 0.481 e. The Hall–Kier alpha value is -1.47. The zero-order chi connectivity index (χ0) is 14.2. The van der Waals surface area contributed by atoms with Crippen LogP contribution < -0.4 is 0 Å². The molecule has 0 bridgehead atoms. The van der Waals surface area contributed by atoms with Crippen LogP contribution in [0.3, 0.4) is 0 Å². The van der Waals surface area contributed by atoms with Crippen LogP contribution in [0, 0.1) is 17.7 Å². The van der Waals surface area contributed by atoms with E-state index in [-0.39, 0.29) is 23.9 Å². The van der Waals surface area contributed by atoms with E-state index in [2.05, 4.69) is 0 Å². The van der Waals surface area contributed by atoms with Crippen LogP contribution in [0.25, 0.3) is 0 Å². The maximum absolute atomic E-state index is 13.1. The molecule has 1 fully saturated rings. The van der Waals surface area contributed by atoms with Gasteiger partial charge in [0.25, 0.3) is 0 Å². The summed E-state index contributed by atoms with van der Waals surface area (Å²) in [5, 5.41) is 9.00. The zero-order valence-electron chi connectivity index (χ0n) is 10.3. The summed E-state index contributed by atoms with van der Waals surface area (Å²) in [5.74, 6) is -2.63. The first-order valence-corrected chi connectivity index (χ1v) is 7.25. The van der Waals surface area contributed by atoms with Crippen LogP contribution in [0.2, 0.25) is 0 Å². The van der Waals surface area contributed by atoms with E-state index >= 15 is 0 Å². The molecule has 0 saturated carbocycles. The summed E-state index contributed by atoms with van der Waals surface area (Å²) in [6.07, 6.45) is 0. The standard InChI is InChI=1S/C12H14FNO4S/c1-8-6-14(7-11(8)12(15)16)19(17,18)10-4-2-3-9(13)5-10/h2-5,8,11H,6-7H2,1H3,(H,15,16)/t8-,11-/m1/s1. The first-order valence-electron chi connectivity index (χ1n) is 5.81. The average molecular weight is 287 g/mol. The van der Waals surface area contributed by atoms with Crippen molar-refractivity contribution in [3.05, 3.63) is 30.1 Å². The van der Waals surface area contributed by atoms with Crippen molar-refractivity contribution < 1.29 is 22.7 Å². The number of hydrogen-bond donors (Lipinski definition) is 1. The fraction of sp³-hybridized carbons (Fsp3) is 0.417. The predicted molar refractivity (Wildman–Crippen MR) is 65.4 cm³/mol. The molecule has 1 aliphatic rings. The van der Waals surface area contributed by atoms with Crippen LogP contribution in [-0.4, -0.2) is 36.9 Å². The van der Waals surface area contributed by atoms with Gasteiger partial charge in [0.05, 0.1) is 10.8 Å². The van der Waals surface area contributed by atoms with E-state index in [0.717, 1.165) is 16.4 Å². The average Bonchev–Trinajstić information content (AvgIpc) is 2.72. The minimum Gasteiger partial charge on any atom is -0.481 e. The van der Waals surface area contributed by atoms with Crippen LogP contribution in [0.1, 0.15) is 6.92 Å². The van der Waals surface area contributed by atoms with Gasteiger partial charge < -0.3 is 5.11 Å². The van der Waals surface area contributed by atoms with Gasteiger partial charge >= 0.3 is 5.97 Å². The zero-order valence-corrected chi connectivity index (χ0v) is 11.1. The molecule has 1 aromatic carbocycles. The monoisotopic (exact) mass is 287 g/mol. The Balaban J connectivity index is 2.30. The molecule has 1 saturated heterocycles. The molecule has 0 amide bonds. The van der Waals surface area contributed by atoms with Crippen molar-refractivity contribution in [3.63, 3.8) is 0 Å². The molecule has 2 atom stereocenters. The van der Waals surface area contributed by atoms with Crippen molar-refractivity contribution in [1.29, 1.82) is 0 Å². The number of hydrogen-bond acceptors (Lipinski definition) is 3. The Morgan fingerprint density at radius 2 is 2.11 bits per heavy atom. The number of halogens is 1. The van der Waals surface area contributed by atoms with Crippen LogP contribution in [0.5, 0.6) is 0 Å². The molecule has 2 rings (SSSR count). The molecular formula is C12H14FNO4S. The number of carbonyl (C=O) groups is 1. The molecule has 1 heterocycles. The van der Waals surface area contributed by atoms with Crippen molar-refractivity contribution in [2.75, 3.05) is 13.1 Å². The summed E-state index contributed by atoms with van der Waals surface area (Å²) in [6, 6.07) is 4.72. The van der Waals surface area contributed by atoms with E-state index in [0.29, 0.717) is 0 Å². The van der Waals surface area contributed by atoms with Gasteiger partial charge in [-0.3, -0.25) is 4.79 Å². The Morgan fingerprint density at radius 3 is 2.63 bits per heavy atom. The predicted octanol–water partition coefficient (Wildman–Crippen LogP) is 1.17. The second-order valence-corrected chi connectivity index (χ2v) is 6.64. The summed E-state index contributed by atoms with van der Waals surface area (Å²) in [7, 11) is -3.83. The second-order valence-electron chi connectivity index (χ2n) is 4.70. The van der Waals surface area contributed by atoms with Gasteiger partial charge in [0, 0.05) is 13.1 Å². The summed E-state index contributed by atoms with van der Waals surface area (Å²) < 4.78 is 38.7. The molecule has 19 heavy (non-hydrogen) atoms. The third-order valence-corrected chi connectivity index (χ3v) is 5.16. The Labute approximate surface area is 110 Å². The fourth-order valence-corrected chi connectivity index (χ4v) is 3.82. The summed E-state index contributed by atoms with van der Waals surface area (Å²) in [5.41, 5.74) is 0. The van der Waals surface area contributed by atoms with Crippen molar-refractivity contribution in [2.24, 2.45) is 11.8 Å². The van der Waals surface area contributed by atoms with E-state index in [9.17, 15) is 17.6 Å². The van der Waals surface area contributed by atoms with Crippen molar-refractivity contribution in [1.82, 2.24) is 4.31 Å². The highest BCUT2D eigenvalue weighted by atomic mass is 32.2. The smallest absolute Gasteiger partial charge is 0.308 e. The van der Waals surface area contributed by atoms with E-state index in [4.69, 9.17) is 5.11 Å². The molecule has 0 spiro atoms. The lowest BCUT2D eigenvalue weighted by atomic mass is 9.99. The molecule has 1 aliphatic heterocycles. The van der Waals surface area contributed by atoms with Gasteiger partial charge in [-0.1, -0.05) is 13.0 Å². The fourth-order valence-electron chi connectivity index (χ4n) is 2.22. The lowest BCUT2D eigenvalue weighted by Crippen LogP contribution is -2.30. The highest BCUT2D eigenvalue weighted by Gasteiger charge is 2.40. The van der Waals surface area contributed by atoms with E-state index in [1.165, 1.54) is 12.1 Å². The highest BCUT2D eigenvalue weighted by Crippen LogP contribution is 2.28. The van der Waals surface area contributed by atoms with E-state index < -0.39 is 27.7 Å². The van der Waals surface area contributed by atoms with Crippen molar-refractivity contribution >= 4 is 16.0 Å². The third-order valence-electron chi connectivity index (χ3n) is 3.33. The quantitative estimate of drug-likeness (QED) is 0.905. The van der Waals surface area contributed by atoms with Gasteiger partial charge in [0.15, 0.2) is 0 Å². The van der Waals surface area contributed by atoms with Gasteiger partial charge in [-0.15, -0.1) is 0 Å². The lowest BCUT2D eigenvalue weighted by Gasteiger charge is -2.15. The molecule has 0 radical (unpaired) electrons. The van der Waals surface area contributed by atoms with E-state index in [1.807, 2.05) is 0 Å². The van der Waals surface area contributed by atoms with Crippen LogP contribution in [0.15, 0.2) is 29.2 Å². The van der Waals surface area contributed by atoms with Crippen molar-refractivity contribution in [2.45, 2.75) is 11.8 Å². The lowest BCUT2D eigenvalue weighted by molar-refractivity contribution is -0.142. The number of sulfonamides is 1. The SMILES string of the molecule is C[C@@H]1CN(S(=O)(=O)c2cccc(F)c2)C[C@H]1C(=O)O. The van der Waals surface area contributed by atoms with Crippen LogP contribution >= 0.6 is 0 Å². The molecule has 104 valence electrons. The topological polar surface area (TPSA) is 74.7 Å². The summed E-state index contributed by atoms with van der Waals surface area (Å²) >= 11 is 0. The number of rotatable bonds is 3. The van der Waals surface area contributed by atoms with E-state index in [1.54, 1.807) is 6.92 Å². The molecule has 1 aromatic rings. The normalized spacial score (nSPS) is 24.5. The number of benzene rings is 1. The molecule has 1 N–H and O–H groups in total. The van der Waals surface area contributed by atoms with Crippen molar-refractivity contribution in [3.8, 4) is 0 Å². The first kappa shape index (κ1) is 14.0. The van der Waals surface area contributed by atoms with Gasteiger partial charge in [-0.05, 0) is 24.1 Å². The maximum atomic E-state index is 13.1. The van der Waals surface area contributed by atoms with Gasteiger partial charge in [0.1, 0.15) is 5.82 Å². The molecule has 0 unspecified atom stereocenters. The first-order chi connectivity index (χ1) is 8.82. The second kappa shape index (κ2) is 4.90. The number of aliphatic carboxylic acids is 1. The summed E-state index contributed by atoms with van der Waals surface area (Å²) in [6.45, 7) is 1.76. The van der Waals surface area contributed by atoms with Crippen LogP contribution in [-0.2, 0) is 14.8 Å². The molecular weight excluding hydrogens is 273 g/mol. The number of carboxylic acids is 1. The Kier molecular flexibility index (Phi) is 3.60. The minimum atomic E-state index is -3.83. The van der Waals surface area contributed by atoms with Gasteiger partial charge in [-0.2, -0.15) is 4.31 Å². The Bertz CT molecular complexity index is 602. The third kappa shape index (κ3) is 2.62. The number of nitrogens with zero attached hydrogens (tertiary/aromatic N) is 1. The molecule has 5 nitrogen and oxygen atoms in total. The highest BCUT2D eigenvalue weighted by molar-refractivity contribution is 7.89. The van der Waals surface area contributed by atoms with Gasteiger partial charge in [0.2, 0.25) is 10.0 Å². The molecule has 0 aliphatic carbocycles. The molecule has 0 aromatic heterocycles. The number of carboxylic acid groups (broad SMARTS) is 1. The van der Waals surface area contributed by atoms with Gasteiger partial charge in [-0.25, -0.2) is 12.8 Å². The Morgan fingerprint density at radius 1 is 1.42 bits per heavy atom. The van der Waals surface area contributed by atoms with Crippen LogP contribution in [0.4, 0.5) is 4.39 Å². The maximum Gasteiger partial charge on any atom is 0.308 e. The minimum absolute atomic E-state index is 0.0741. The summed E-state index contributed by atoms with van der Waals surface area (Å²) in [4.78, 5) is 10.8.